The number of likely N-dealkylation sites (N-methyl/N-ethyl adjacent to an activating group) is 1. The highest BCUT2D eigenvalue weighted by molar-refractivity contribution is 7.92. The van der Waals surface area contributed by atoms with Crippen LogP contribution in [0.1, 0.15) is 86.2 Å². The summed E-state index contributed by atoms with van der Waals surface area (Å²) in [4.78, 5) is 32.3. The fourth-order valence-corrected chi connectivity index (χ4v) is 8.75. The number of methoxy groups -OCH3 is 1. The smallest absolute Gasteiger partial charge is 0.265 e. The summed E-state index contributed by atoms with van der Waals surface area (Å²) in [7, 11) is -0.177. The van der Waals surface area contributed by atoms with E-state index in [0.29, 0.717) is 12.5 Å². The number of rotatable bonds is 9. The molecule has 1 N–H and O–H groups in total. The molecule has 47 heavy (non-hydrogen) atoms. The van der Waals surface area contributed by atoms with Gasteiger partial charge in [0.15, 0.2) is 0 Å². The Bertz CT molecular complexity index is 1810. The maximum atomic E-state index is 14.5. The van der Waals surface area contributed by atoms with Gasteiger partial charge in [0.25, 0.3) is 15.9 Å². The first-order valence-electron chi connectivity index (χ1n) is 16.9. The molecule has 2 amide bonds. The summed E-state index contributed by atoms with van der Waals surface area (Å²) in [6, 6.07) is 12.0. The number of benzene rings is 2. The number of fused-ring (bicyclic) bond motifs is 3. The Labute approximate surface area is 279 Å². The third-order valence-corrected chi connectivity index (χ3v) is 11.5. The molecule has 2 aromatic carbocycles. The van der Waals surface area contributed by atoms with Gasteiger partial charge in [-0.15, -0.1) is 0 Å². The number of piperazine rings is 1. The summed E-state index contributed by atoms with van der Waals surface area (Å²) in [6.07, 6.45) is 7.68. The first-order valence-corrected chi connectivity index (χ1v) is 18.4. The van der Waals surface area contributed by atoms with Crippen molar-refractivity contribution in [3.63, 3.8) is 0 Å². The number of amides is 2. The first-order chi connectivity index (χ1) is 22.3. The molecule has 10 heteroatoms. The van der Waals surface area contributed by atoms with E-state index in [1.54, 1.807) is 19.2 Å². The fourth-order valence-electron chi connectivity index (χ4n) is 8.29. The zero-order valence-corrected chi connectivity index (χ0v) is 29.2. The van der Waals surface area contributed by atoms with Crippen LogP contribution in [-0.4, -0.2) is 73.9 Å². The van der Waals surface area contributed by atoms with Crippen LogP contribution in [-0.2, 0) is 21.4 Å². The molecule has 0 radical (unpaired) electrons. The van der Waals surface area contributed by atoms with Gasteiger partial charge in [-0.1, -0.05) is 31.9 Å². The highest BCUT2D eigenvalue weighted by Gasteiger charge is 2.46. The molecule has 1 aliphatic carbocycles. The Hall–Kier alpha value is -3.63. The van der Waals surface area contributed by atoms with Crippen molar-refractivity contribution >= 4 is 32.7 Å². The third kappa shape index (κ3) is 6.34. The Morgan fingerprint density at radius 1 is 1.02 bits per heavy atom. The number of nitrogens with one attached hydrogen (secondary N) is 1. The molecule has 252 valence electrons. The number of hydrogen-bond donors (Lipinski definition) is 1. The summed E-state index contributed by atoms with van der Waals surface area (Å²) < 4.78 is 34.4. The predicted octanol–water partition coefficient (Wildman–Crippen LogP) is 6.21. The molecule has 0 spiro atoms. The van der Waals surface area contributed by atoms with E-state index >= 15 is 0 Å². The van der Waals surface area contributed by atoms with Gasteiger partial charge in [-0.3, -0.25) is 9.59 Å². The molecule has 2 unspecified atom stereocenters. The van der Waals surface area contributed by atoms with E-state index < -0.39 is 21.3 Å². The molecule has 3 aromatic rings. The van der Waals surface area contributed by atoms with E-state index in [2.05, 4.69) is 45.7 Å². The number of hydrogen-bond acceptors (Lipinski definition) is 6. The highest BCUT2D eigenvalue weighted by Crippen LogP contribution is 2.47. The molecule has 2 atom stereocenters. The third-order valence-electron chi connectivity index (χ3n) is 10.6. The lowest BCUT2D eigenvalue weighted by Crippen LogP contribution is -2.58. The predicted molar refractivity (Wildman–Crippen MR) is 186 cm³/mol. The molecule has 3 heterocycles. The maximum absolute atomic E-state index is 14.5. The lowest BCUT2D eigenvalue weighted by molar-refractivity contribution is -0.146. The summed E-state index contributed by atoms with van der Waals surface area (Å²) in [5.41, 5.74) is 4.71. The normalized spacial score (nSPS) is 20.8. The van der Waals surface area contributed by atoms with Gasteiger partial charge in [-0.05, 0) is 101 Å². The standard InChI is InChI=1S/C37H48N4O5S/c1-7-47(44,45)38-35(42)26-13-17-31-32(20-26)40(23-37(3,4)36(43)41-27-14-15-28(41)22-39(5)21-27)34(33(31)25-11-9-8-10-12-25)30-18-16-29(46-6)19-24(30)2/h7,13,16-20,25,27-28H,1,8-12,14-15,21-23H2,2-6H3,(H,38,42). The summed E-state index contributed by atoms with van der Waals surface area (Å²) in [6.45, 7) is 11.7. The van der Waals surface area contributed by atoms with Gasteiger partial charge < -0.3 is 19.1 Å². The van der Waals surface area contributed by atoms with Gasteiger partial charge in [0.2, 0.25) is 5.91 Å². The number of nitrogens with zero attached hydrogens (tertiary/aromatic N) is 3. The molecule has 2 aliphatic heterocycles. The van der Waals surface area contributed by atoms with Gasteiger partial charge in [0.05, 0.1) is 18.2 Å². The molecule has 3 aliphatic rings. The van der Waals surface area contributed by atoms with Crippen LogP contribution in [0.5, 0.6) is 5.75 Å². The molecule has 2 saturated heterocycles. The number of ether oxygens (including phenoxy) is 1. The number of aromatic nitrogens is 1. The van der Waals surface area contributed by atoms with Gasteiger partial charge >= 0.3 is 0 Å². The van der Waals surface area contributed by atoms with Crippen molar-refractivity contribution in [3.05, 3.63) is 65.1 Å². The van der Waals surface area contributed by atoms with Crippen LogP contribution < -0.4 is 9.46 Å². The quantitative estimate of drug-likeness (QED) is 0.293. The number of likely N-dealkylation sites (tertiary alicyclic amines) is 1. The minimum atomic E-state index is -3.97. The minimum absolute atomic E-state index is 0.155. The van der Waals surface area contributed by atoms with Crippen molar-refractivity contribution in [2.24, 2.45) is 5.41 Å². The molecule has 1 aromatic heterocycles. The van der Waals surface area contributed by atoms with Crippen molar-refractivity contribution in [2.45, 2.75) is 90.3 Å². The van der Waals surface area contributed by atoms with E-state index in [4.69, 9.17) is 4.74 Å². The fraction of sp³-hybridized carbons (Fsp3) is 0.514. The second-order valence-corrected chi connectivity index (χ2v) is 16.1. The maximum Gasteiger partial charge on any atom is 0.265 e. The average molecular weight is 661 g/mol. The van der Waals surface area contributed by atoms with Gasteiger partial charge in [0.1, 0.15) is 5.75 Å². The SMILES string of the molecule is C=CS(=O)(=O)NC(=O)c1ccc2c(C3CCCCC3)c(-c3ccc(OC)cc3C)n(CC(C)(C)C(=O)N3C4CCC3CN(C)C4)c2c1. The molecular weight excluding hydrogens is 612 g/mol. The van der Waals surface area contributed by atoms with Crippen LogP contribution in [0.15, 0.2) is 48.4 Å². The van der Waals surface area contributed by atoms with E-state index in [0.717, 1.165) is 90.5 Å². The van der Waals surface area contributed by atoms with Crippen LogP contribution in [0.2, 0.25) is 0 Å². The number of carbonyl (C=O) groups excluding carboxylic acids is 2. The number of carbonyl (C=O) groups is 2. The molecule has 2 bridgehead atoms. The van der Waals surface area contributed by atoms with Crippen LogP contribution in [0.4, 0.5) is 0 Å². The van der Waals surface area contributed by atoms with Crippen molar-refractivity contribution < 1.29 is 22.7 Å². The minimum Gasteiger partial charge on any atom is -0.497 e. The Morgan fingerprint density at radius 2 is 1.70 bits per heavy atom. The van der Waals surface area contributed by atoms with Gasteiger partial charge in [-0.25, -0.2) is 13.1 Å². The van der Waals surface area contributed by atoms with Crippen LogP contribution in [0, 0.1) is 12.3 Å². The van der Waals surface area contributed by atoms with Crippen LogP contribution >= 0.6 is 0 Å². The van der Waals surface area contributed by atoms with E-state index in [9.17, 15) is 18.0 Å². The van der Waals surface area contributed by atoms with Crippen molar-refractivity contribution in [2.75, 3.05) is 27.2 Å². The monoisotopic (exact) mass is 660 g/mol. The van der Waals surface area contributed by atoms with Gasteiger partial charge in [0, 0.05) is 59.2 Å². The van der Waals surface area contributed by atoms with Crippen molar-refractivity contribution in [3.8, 4) is 17.0 Å². The van der Waals surface area contributed by atoms with Crippen LogP contribution in [0.3, 0.4) is 0 Å². The molecule has 3 fully saturated rings. The first kappa shape index (κ1) is 33.3. The second kappa shape index (κ2) is 12.8. The highest BCUT2D eigenvalue weighted by atomic mass is 32.2. The summed E-state index contributed by atoms with van der Waals surface area (Å²) in [5.74, 6) is 0.529. The van der Waals surface area contributed by atoms with Crippen LogP contribution in [0.25, 0.3) is 22.2 Å². The Kier molecular flexibility index (Phi) is 9.04. The Balaban J connectivity index is 1.55. The Morgan fingerprint density at radius 3 is 2.32 bits per heavy atom. The number of aryl methyl sites for hydroxylation is 1. The van der Waals surface area contributed by atoms with Crippen molar-refractivity contribution in [1.82, 2.24) is 19.1 Å². The lowest BCUT2D eigenvalue weighted by Gasteiger charge is -2.43. The number of sulfonamides is 1. The molecular formula is C37H48N4O5S. The van der Waals surface area contributed by atoms with E-state index in [-0.39, 0.29) is 23.6 Å². The van der Waals surface area contributed by atoms with E-state index in [1.807, 2.05) is 32.0 Å². The largest absolute Gasteiger partial charge is 0.497 e. The topological polar surface area (TPSA) is 101 Å². The lowest BCUT2D eigenvalue weighted by atomic mass is 9.81. The second-order valence-electron chi connectivity index (χ2n) is 14.4. The van der Waals surface area contributed by atoms with Crippen molar-refractivity contribution in [1.29, 1.82) is 0 Å². The van der Waals surface area contributed by atoms with Gasteiger partial charge in [-0.2, -0.15) is 0 Å². The van der Waals surface area contributed by atoms with E-state index in [1.165, 1.54) is 12.0 Å². The zero-order chi connectivity index (χ0) is 33.7. The molecule has 9 nitrogen and oxygen atoms in total. The molecule has 1 saturated carbocycles. The average Bonchev–Trinajstić information content (AvgIpc) is 3.50. The summed E-state index contributed by atoms with van der Waals surface area (Å²) in [5, 5.41) is 1.77. The summed E-state index contributed by atoms with van der Waals surface area (Å²) >= 11 is 0. The zero-order valence-electron chi connectivity index (χ0n) is 28.3. The molecule has 6 rings (SSSR count).